The summed E-state index contributed by atoms with van der Waals surface area (Å²) in [5.41, 5.74) is 0. The summed E-state index contributed by atoms with van der Waals surface area (Å²) < 4.78 is 4.67. The Hall–Kier alpha value is -1.10. The van der Waals surface area contributed by atoms with E-state index in [-0.39, 0.29) is 24.3 Å². The van der Waals surface area contributed by atoms with Crippen LogP contribution in [0.2, 0.25) is 0 Å². The molecule has 0 aromatic heterocycles. The number of rotatable bonds is 8. The van der Waals surface area contributed by atoms with Crippen LogP contribution in [-0.2, 0) is 14.3 Å². The van der Waals surface area contributed by atoms with Gasteiger partial charge in [0.15, 0.2) is 0 Å². The summed E-state index contributed by atoms with van der Waals surface area (Å²) in [4.78, 5) is 22.1. The van der Waals surface area contributed by atoms with Crippen LogP contribution in [0.3, 0.4) is 0 Å². The molecule has 18 heavy (non-hydrogen) atoms. The second-order valence-electron chi connectivity index (χ2n) is 3.94. The molecule has 0 rings (SSSR count). The van der Waals surface area contributed by atoms with E-state index in [1.54, 1.807) is 0 Å². The van der Waals surface area contributed by atoms with Crippen molar-refractivity contribution >= 4 is 11.8 Å². The highest BCUT2D eigenvalue weighted by molar-refractivity contribution is 5.77. The summed E-state index contributed by atoms with van der Waals surface area (Å²) in [6, 6.07) is 0. The first-order valence-electron chi connectivity index (χ1n) is 6.61. The SMILES string of the molecule is CC.COCC(=O)NCCCCNC(=O)C(C)C. The number of nitrogens with one attached hydrogen (secondary N) is 2. The molecule has 0 aromatic carbocycles. The quantitative estimate of drug-likeness (QED) is 0.647. The van der Waals surface area contributed by atoms with Gasteiger partial charge in [-0.3, -0.25) is 9.59 Å². The minimum Gasteiger partial charge on any atom is -0.375 e. The Morgan fingerprint density at radius 3 is 2.00 bits per heavy atom. The third-order valence-electron chi connectivity index (χ3n) is 2.02. The molecular weight excluding hydrogens is 232 g/mol. The van der Waals surface area contributed by atoms with E-state index in [2.05, 4.69) is 15.4 Å². The molecule has 0 aliphatic heterocycles. The molecule has 2 amide bonds. The van der Waals surface area contributed by atoms with Gasteiger partial charge in [-0.1, -0.05) is 27.7 Å². The van der Waals surface area contributed by atoms with E-state index in [9.17, 15) is 9.59 Å². The maximum absolute atomic E-state index is 11.2. The maximum atomic E-state index is 11.2. The summed E-state index contributed by atoms with van der Waals surface area (Å²) in [6.07, 6.45) is 1.72. The Bertz CT molecular complexity index is 218. The number of ether oxygens (including phenoxy) is 1. The Labute approximate surface area is 111 Å². The molecule has 0 bridgehead atoms. The van der Waals surface area contributed by atoms with E-state index in [1.165, 1.54) is 7.11 Å². The van der Waals surface area contributed by atoms with Crippen molar-refractivity contribution in [3.05, 3.63) is 0 Å². The van der Waals surface area contributed by atoms with Gasteiger partial charge in [0, 0.05) is 26.1 Å². The van der Waals surface area contributed by atoms with Crippen LogP contribution in [-0.4, -0.2) is 38.6 Å². The summed E-state index contributed by atoms with van der Waals surface area (Å²) in [6.45, 7) is 9.11. The van der Waals surface area contributed by atoms with Crippen molar-refractivity contribution in [2.75, 3.05) is 26.8 Å². The second kappa shape index (κ2) is 14.0. The van der Waals surface area contributed by atoms with Crippen LogP contribution in [0.4, 0.5) is 0 Å². The number of methoxy groups -OCH3 is 1. The lowest BCUT2D eigenvalue weighted by Gasteiger charge is -2.07. The Morgan fingerprint density at radius 1 is 1.06 bits per heavy atom. The zero-order valence-corrected chi connectivity index (χ0v) is 12.3. The van der Waals surface area contributed by atoms with E-state index in [0.29, 0.717) is 13.1 Å². The van der Waals surface area contributed by atoms with E-state index in [1.807, 2.05) is 27.7 Å². The van der Waals surface area contributed by atoms with Gasteiger partial charge < -0.3 is 15.4 Å². The van der Waals surface area contributed by atoms with Crippen molar-refractivity contribution in [2.24, 2.45) is 5.92 Å². The van der Waals surface area contributed by atoms with Crippen LogP contribution < -0.4 is 10.6 Å². The highest BCUT2D eigenvalue weighted by atomic mass is 16.5. The van der Waals surface area contributed by atoms with Crippen molar-refractivity contribution in [1.82, 2.24) is 10.6 Å². The zero-order valence-electron chi connectivity index (χ0n) is 12.3. The van der Waals surface area contributed by atoms with Gasteiger partial charge >= 0.3 is 0 Å². The van der Waals surface area contributed by atoms with E-state index in [4.69, 9.17) is 0 Å². The number of unbranched alkanes of at least 4 members (excludes halogenated alkanes) is 1. The molecule has 0 spiro atoms. The lowest BCUT2D eigenvalue weighted by atomic mass is 10.2. The molecule has 0 heterocycles. The molecule has 2 N–H and O–H groups in total. The Balaban J connectivity index is 0. The van der Waals surface area contributed by atoms with Gasteiger partial charge in [-0.25, -0.2) is 0 Å². The van der Waals surface area contributed by atoms with Gasteiger partial charge in [0.1, 0.15) is 6.61 Å². The van der Waals surface area contributed by atoms with Crippen LogP contribution in [0.1, 0.15) is 40.5 Å². The summed E-state index contributed by atoms with van der Waals surface area (Å²) in [5, 5.41) is 5.54. The average Bonchev–Trinajstić information content (AvgIpc) is 2.36. The van der Waals surface area contributed by atoms with E-state index >= 15 is 0 Å². The summed E-state index contributed by atoms with van der Waals surface area (Å²) in [5.74, 6) is -0.00135. The number of carbonyl (C=O) groups excluding carboxylic acids is 2. The number of amides is 2. The Morgan fingerprint density at radius 2 is 1.56 bits per heavy atom. The van der Waals surface area contributed by atoms with Crippen molar-refractivity contribution in [1.29, 1.82) is 0 Å². The molecule has 0 radical (unpaired) electrons. The molecule has 0 aromatic rings. The first-order chi connectivity index (χ1) is 8.57. The van der Waals surface area contributed by atoms with Crippen molar-refractivity contribution in [3.8, 4) is 0 Å². The standard InChI is InChI=1S/C11H22N2O3.C2H6/c1-9(2)11(15)13-7-5-4-6-12-10(14)8-16-3;1-2/h9H,4-8H2,1-3H3,(H,12,14)(H,13,15);1-2H3. The van der Waals surface area contributed by atoms with E-state index in [0.717, 1.165) is 12.8 Å². The molecule has 0 aliphatic rings. The van der Waals surface area contributed by atoms with Gasteiger partial charge in [-0.05, 0) is 12.8 Å². The molecule has 0 saturated carbocycles. The van der Waals surface area contributed by atoms with Crippen LogP contribution in [0, 0.1) is 5.92 Å². The van der Waals surface area contributed by atoms with Crippen molar-refractivity contribution < 1.29 is 14.3 Å². The van der Waals surface area contributed by atoms with Crippen molar-refractivity contribution in [2.45, 2.75) is 40.5 Å². The number of hydrogen-bond donors (Lipinski definition) is 2. The van der Waals surface area contributed by atoms with Crippen LogP contribution in [0.5, 0.6) is 0 Å². The molecule has 0 aliphatic carbocycles. The first kappa shape index (κ1) is 19.2. The average molecular weight is 260 g/mol. The lowest BCUT2D eigenvalue weighted by molar-refractivity contribution is -0.125. The molecule has 0 fully saturated rings. The van der Waals surface area contributed by atoms with E-state index < -0.39 is 0 Å². The lowest BCUT2D eigenvalue weighted by Crippen LogP contribution is -2.30. The fraction of sp³-hybridized carbons (Fsp3) is 0.846. The third kappa shape index (κ3) is 13.0. The predicted octanol–water partition coefficient (Wildman–Crippen LogP) is 1.33. The normalized spacial score (nSPS) is 9.44. The molecule has 0 unspecified atom stereocenters. The molecule has 5 nitrogen and oxygen atoms in total. The van der Waals surface area contributed by atoms with Crippen LogP contribution in [0.25, 0.3) is 0 Å². The number of hydrogen-bond acceptors (Lipinski definition) is 3. The van der Waals surface area contributed by atoms with Crippen molar-refractivity contribution in [3.63, 3.8) is 0 Å². The maximum Gasteiger partial charge on any atom is 0.245 e. The topological polar surface area (TPSA) is 67.4 Å². The van der Waals surface area contributed by atoms with Gasteiger partial charge in [-0.15, -0.1) is 0 Å². The molecule has 0 saturated heterocycles. The fourth-order valence-electron chi connectivity index (χ4n) is 1.08. The molecule has 0 atom stereocenters. The molecule has 108 valence electrons. The highest BCUT2D eigenvalue weighted by Crippen LogP contribution is 1.91. The second-order valence-corrected chi connectivity index (χ2v) is 3.94. The van der Waals surface area contributed by atoms with Crippen LogP contribution in [0.15, 0.2) is 0 Å². The summed E-state index contributed by atoms with van der Waals surface area (Å²) in [7, 11) is 1.49. The largest absolute Gasteiger partial charge is 0.375 e. The monoisotopic (exact) mass is 260 g/mol. The Kier molecular flexibility index (Phi) is 14.9. The fourth-order valence-corrected chi connectivity index (χ4v) is 1.08. The molecule has 5 heteroatoms. The van der Waals surface area contributed by atoms with Crippen LogP contribution >= 0.6 is 0 Å². The first-order valence-corrected chi connectivity index (χ1v) is 6.61. The molecular formula is C13H28N2O3. The third-order valence-corrected chi connectivity index (χ3v) is 2.02. The zero-order chi connectivity index (χ0) is 14.4. The van der Waals surface area contributed by atoms with Gasteiger partial charge in [-0.2, -0.15) is 0 Å². The van der Waals surface area contributed by atoms with Gasteiger partial charge in [0.05, 0.1) is 0 Å². The summed E-state index contributed by atoms with van der Waals surface area (Å²) >= 11 is 0. The number of carbonyl (C=O) groups is 2. The predicted molar refractivity (Wildman–Crippen MR) is 73.3 cm³/mol. The van der Waals surface area contributed by atoms with Gasteiger partial charge in [0.2, 0.25) is 11.8 Å². The van der Waals surface area contributed by atoms with Gasteiger partial charge in [0.25, 0.3) is 0 Å². The highest BCUT2D eigenvalue weighted by Gasteiger charge is 2.04. The smallest absolute Gasteiger partial charge is 0.245 e. The minimum absolute atomic E-state index is 0.0291. The minimum atomic E-state index is -0.103.